The first kappa shape index (κ1) is 14.9. The highest BCUT2D eigenvalue weighted by Crippen LogP contribution is 2.25. The number of amides is 3. The van der Waals surface area contributed by atoms with Gasteiger partial charge in [-0.1, -0.05) is 6.07 Å². The summed E-state index contributed by atoms with van der Waals surface area (Å²) in [6.45, 7) is 2.71. The van der Waals surface area contributed by atoms with Gasteiger partial charge >= 0.3 is 0 Å². The quantitative estimate of drug-likeness (QED) is 0.404. The molecule has 1 aliphatic rings. The number of carbonyl (C=O) groups is 3. The van der Waals surface area contributed by atoms with Crippen molar-refractivity contribution in [3.05, 3.63) is 29.6 Å². The van der Waals surface area contributed by atoms with Crippen molar-refractivity contribution in [2.24, 2.45) is 5.84 Å². The molecule has 0 spiro atoms. The average Bonchev–Trinajstić information content (AvgIpc) is 2.42. The molecule has 2 rings (SSSR count). The highest BCUT2D eigenvalue weighted by Gasteiger charge is 2.44. The van der Waals surface area contributed by atoms with Gasteiger partial charge in [0.2, 0.25) is 5.91 Å². The Labute approximate surface area is 120 Å². The van der Waals surface area contributed by atoms with Crippen molar-refractivity contribution < 1.29 is 18.8 Å². The fraction of sp³-hybridized carbons (Fsp3) is 0.308. The van der Waals surface area contributed by atoms with Crippen LogP contribution in [0, 0.1) is 5.82 Å². The molecular weight excluding hydrogens is 279 g/mol. The van der Waals surface area contributed by atoms with E-state index in [9.17, 15) is 18.8 Å². The fourth-order valence-electron chi connectivity index (χ4n) is 2.10. The molecule has 1 aliphatic heterocycles. The van der Waals surface area contributed by atoms with E-state index in [2.05, 4.69) is 10.7 Å². The van der Waals surface area contributed by atoms with Gasteiger partial charge in [0.25, 0.3) is 11.8 Å². The van der Waals surface area contributed by atoms with Crippen molar-refractivity contribution in [1.82, 2.24) is 10.2 Å². The number of halogens is 1. The average molecular weight is 294 g/mol. The minimum atomic E-state index is -1.23. The van der Waals surface area contributed by atoms with Gasteiger partial charge in [0.05, 0.1) is 11.3 Å². The van der Waals surface area contributed by atoms with Crippen molar-refractivity contribution in [3.8, 4) is 0 Å². The zero-order valence-corrected chi connectivity index (χ0v) is 11.6. The summed E-state index contributed by atoms with van der Waals surface area (Å²) in [5.74, 6) is 2.69. The summed E-state index contributed by atoms with van der Waals surface area (Å²) in [5.41, 5.74) is 0.661. The fourth-order valence-corrected chi connectivity index (χ4v) is 2.10. The lowest BCUT2D eigenvalue weighted by molar-refractivity contribution is -0.143. The van der Waals surface area contributed by atoms with Crippen LogP contribution in [0.4, 0.5) is 10.1 Å². The number of hydrogen-bond acceptors (Lipinski definition) is 5. The maximum atomic E-state index is 13.7. The number of hydrazine groups is 1. The standard InChI is InChI=1S/C13H15FN4O3/c1-13(2)12(21)16-9(19)6-18(13)11(20)7-4-3-5-8(14)10(7)17-15/h3-5,17H,6,15H2,1-2H3,(H,16,19,21). The first-order chi connectivity index (χ1) is 9.78. The number of piperazine rings is 1. The van der Waals surface area contributed by atoms with E-state index < -0.39 is 29.1 Å². The Bertz CT molecular complexity index is 630. The molecule has 0 radical (unpaired) electrons. The number of hydrogen-bond donors (Lipinski definition) is 3. The second-order valence-electron chi connectivity index (χ2n) is 5.13. The lowest BCUT2D eigenvalue weighted by Gasteiger charge is -2.40. The number of nitrogens with one attached hydrogen (secondary N) is 2. The molecule has 0 bridgehead atoms. The zero-order valence-electron chi connectivity index (χ0n) is 11.6. The Morgan fingerprint density at radius 1 is 1.43 bits per heavy atom. The molecule has 1 heterocycles. The largest absolute Gasteiger partial charge is 0.321 e. The number of nitrogens with zero attached hydrogens (tertiary/aromatic N) is 1. The number of benzene rings is 1. The Morgan fingerprint density at radius 3 is 2.71 bits per heavy atom. The predicted molar refractivity (Wildman–Crippen MR) is 72.5 cm³/mol. The summed E-state index contributed by atoms with van der Waals surface area (Å²) in [4.78, 5) is 37.0. The van der Waals surface area contributed by atoms with E-state index in [4.69, 9.17) is 5.84 Å². The van der Waals surface area contributed by atoms with Gasteiger partial charge in [-0.2, -0.15) is 0 Å². The zero-order chi connectivity index (χ0) is 15.8. The summed E-state index contributed by atoms with van der Waals surface area (Å²) < 4.78 is 13.7. The van der Waals surface area contributed by atoms with Crippen LogP contribution in [0.15, 0.2) is 18.2 Å². The molecule has 0 aromatic heterocycles. The van der Waals surface area contributed by atoms with Crippen LogP contribution in [0.25, 0.3) is 0 Å². The molecule has 0 aliphatic carbocycles. The summed E-state index contributed by atoms with van der Waals surface area (Å²) in [6.07, 6.45) is 0. The number of imide groups is 1. The minimum absolute atomic E-state index is 0.0481. The molecule has 0 unspecified atom stereocenters. The molecule has 0 atom stereocenters. The van der Waals surface area contributed by atoms with E-state index in [1.807, 2.05) is 0 Å². The van der Waals surface area contributed by atoms with Crippen LogP contribution >= 0.6 is 0 Å². The SMILES string of the molecule is CC1(C)C(=O)NC(=O)CN1C(=O)c1cccc(F)c1NN. The van der Waals surface area contributed by atoms with Crippen LogP contribution in [-0.4, -0.2) is 34.7 Å². The Balaban J connectivity index is 2.46. The van der Waals surface area contributed by atoms with Gasteiger partial charge in [-0.05, 0) is 26.0 Å². The maximum Gasteiger partial charge on any atom is 0.257 e. The number of nitrogens with two attached hydrogens (primary N) is 1. The molecule has 112 valence electrons. The van der Waals surface area contributed by atoms with Gasteiger partial charge in [-0.3, -0.25) is 25.5 Å². The van der Waals surface area contributed by atoms with Gasteiger partial charge in [0, 0.05) is 0 Å². The summed E-state index contributed by atoms with van der Waals surface area (Å²) in [6, 6.07) is 3.86. The summed E-state index contributed by atoms with van der Waals surface area (Å²) >= 11 is 0. The minimum Gasteiger partial charge on any atom is -0.321 e. The molecule has 7 nitrogen and oxygen atoms in total. The topological polar surface area (TPSA) is 105 Å². The van der Waals surface area contributed by atoms with Gasteiger partial charge in [0.15, 0.2) is 0 Å². The van der Waals surface area contributed by atoms with Gasteiger partial charge < -0.3 is 10.3 Å². The molecule has 4 N–H and O–H groups in total. The number of rotatable bonds is 2. The van der Waals surface area contributed by atoms with Crippen LogP contribution < -0.4 is 16.6 Å². The van der Waals surface area contributed by atoms with Gasteiger partial charge in [-0.25, -0.2) is 4.39 Å². The van der Waals surface area contributed by atoms with E-state index in [-0.39, 0.29) is 17.8 Å². The molecule has 1 saturated heterocycles. The van der Waals surface area contributed by atoms with Crippen molar-refractivity contribution in [2.45, 2.75) is 19.4 Å². The smallest absolute Gasteiger partial charge is 0.257 e. The molecule has 8 heteroatoms. The van der Waals surface area contributed by atoms with Crippen molar-refractivity contribution >= 4 is 23.4 Å². The lowest BCUT2D eigenvalue weighted by Crippen LogP contribution is -2.65. The first-order valence-corrected chi connectivity index (χ1v) is 6.20. The third-order valence-corrected chi connectivity index (χ3v) is 3.42. The van der Waals surface area contributed by atoms with E-state index in [0.717, 1.165) is 11.0 Å². The van der Waals surface area contributed by atoms with Crippen molar-refractivity contribution in [1.29, 1.82) is 0 Å². The highest BCUT2D eigenvalue weighted by molar-refractivity contribution is 6.10. The Hall–Kier alpha value is -2.48. The van der Waals surface area contributed by atoms with E-state index in [1.165, 1.54) is 26.0 Å². The molecule has 1 aromatic carbocycles. The first-order valence-electron chi connectivity index (χ1n) is 6.20. The number of anilines is 1. The third-order valence-electron chi connectivity index (χ3n) is 3.42. The number of carbonyl (C=O) groups excluding carboxylic acids is 3. The predicted octanol–water partition coefficient (Wildman–Crippen LogP) is -0.0115. The second kappa shape index (κ2) is 5.13. The lowest BCUT2D eigenvalue weighted by atomic mass is 9.97. The van der Waals surface area contributed by atoms with E-state index >= 15 is 0 Å². The van der Waals surface area contributed by atoms with Crippen LogP contribution in [0.1, 0.15) is 24.2 Å². The highest BCUT2D eigenvalue weighted by atomic mass is 19.1. The van der Waals surface area contributed by atoms with Crippen molar-refractivity contribution in [2.75, 3.05) is 12.0 Å². The molecule has 3 amide bonds. The second-order valence-corrected chi connectivity index (χ2v) is 5.13. The molecular formula is C13H15FN4O3. The normalized spacial score (nSPS) is 17.4. The number of para-hydroxylation sites is 1. The van der Waals surface area contributed by atoms with Gasteiger partial charge in [-0.15, -0.1) is 0 Å². The monoisotopic (exact) mass is 294 g/mol. The summed E-state index contributed by atoms with van der Waals surface area (Å²) in [5, 5.41) is 2.16. The van der Waals surface area contributed by atoms with Crippen LogP contribution in [-0.2, 0) is 9.59 Å². The molecule has 21 heavy (non-hydrogen) atoms. The van der Waals surface area contributed by atoms with E-state index in [0.29, 0.717) is 0 Å². The Kier molecular flexibility index (Phi) is 3.65. The molecule has 1 aromatic rings. The van der Waals surface area contributed by atoms with Crippen LogP contribution in [0.2, 0.25) is 0 Å². The summed E-state index contributed by atoms with van der Waals surface area (Å²) in [7, 11) is 0. The number of nitrogen functional groups attached to an aromatic ring is 1. The van der Waals surface area contributed by atoms with Crippen LogP contribution in [0.5, 0.6) is 0 Å². The Morgan fingerprint density at radius 2 is 2.10 bits per heavy atom. The third kappa shape index (κ3) is 2.45. The maximum absolute atomic E-state index is 13.7. The molecule has 1 fully saturated rings. The van der Waals surface area contributed by atoms with Gasteiger partial charge in [0.1, 0.15) is 17.9 Å². The van der Waals surface area contributed by atoms with Crippen LogP contribution in [0.3, 0.4) is 0 Å². The molecule has 0 saturated carbocycles. The van der Waals surface area contributed by atoms with Crippen molar-refractivity contribution in [3.63, 3.8) is 0 Å². The van der Waals surface area contributed by atoms with E-state index in [1.54, 1.807) is 0 Å².